The molecule has 1 heterocycles. The summed E-state index contributed by atoms with van der Waals surface area (Å²) in [5.41, 5.74) is 1.98. The van der Waals surface area contributed by atoms with E-state index in [0.717, 1.165) is 26.0 Å². The maximum atomic E-state index is 5.11. The zero-order chi connectivity index (χ0) is 11.5. The van der Waals surface area contributed by atoms with Crippen LogP contribution in [0.15, 0.2) is 45.5 Å². The minimum Gasteiger partial charge on any atom is -0.497 e. The lowest BCUT2D eigenvalue weighted by molar-refractivity contribution is 0.415. The van der Waals surface area contributed by atoms with E-state index < -0.39 is 0 Å². The molecule has 0 radical (unpaired) electrons. The SMILES string of the molecule is COc1ccc(-c2ncc(Br)cc2Br)cc1. The van der Waals surface area contributed by atoms with Crippen molar-refractivity contribution in [2.24, 2.45) is 0 Å². The quantitative estimate of drug-likeness (QED) is 0.812. The summed E-state index contributed by atoms with van der Waals surface area (Å²) < 4.78 is 7.03. The van der Waals surface area contributed by atoms with Crippen LogP contribution in [0.4, 0.5) is 0 Å². The number of benzene rings is 1. The highest BCUT2D eigenvalue weighted by atomic mass is 79.9. The Morgan fingerprint density at radius 1 is 1.12 bits per heavy atom. The van der Waals surface area contributed by atoms with Crippen molar-refractivity contribution in [3.63, 3.8) is 0 Å². The van der Waals surface area contributed by atoms with Gasteiger partial charge in [-0.2, -0.15) is 0 Å². The molecule has 0 aliphatic rings. The smallest absolute Gasteiger partial charge is 0.118 e. The number of ether oxygens (including phenoxy) is 1. The zero-order valence-corrected chi connectivity index (χ0v) is 11.7. The van der Waals surface area contributed by atoms with Gasteiger partial charge in [-0.1, -0.05) is 0 Å². The topological polar surface area (TPSA) is 22.1 Å². The molecule has 0 unspecified atom stereocenters. The van der Waals surface area contributed by atoms with Crippen LogP contribution in [0.5, 0.6) is 5.75 Å². The molecule has 0 aliphatic heterocycles. The normalized spacial score (nSPS) is 10.2. The van der Waals surface area contributed by atoms with Crippen LogP contribution in [-0.4, -0.2) is 12.1 Å². The lowest BCUT2D eigenvalue weighted by Gasteiger charge is -2.05. The molecule has 1 aromatic heterocycles. The fraction of sp³-hybridized carbons (Fsp3) is 0.0833. The van der Waals surface area contributed by atoms with Crippen molar-refractivity contribution in [2.45, 2.75) is 0 Å². The average Bonchev–Trinajstić information content (AvgIpc) is 2.29. The summed E-state index contributed by atoms with van der Waals surface area (Å²) in [5.74, 6) is 0.844. The number of nitrogens with zero attached hydrogens (tertiary/aromatic N) is 1. The van der Waals surface area contributed by atoms with Crippen molar-refractivity contribution in [3.05, 3.63) is 45.5 Å². The Hall–Kier alpha value is -0.870. The lowest BCUT2D eigenvalue weighted by atomic mass is 10.1. The third-order valence-electron chi connectivity index (χ3n) is 2.17. The molecule has 16 heavy (non-hydrogen) atoms. The van der Waals surface area contributed by atoms with Crippen molar-refractivity contribution in [1.29, 1.82) is 0 Å². The van der Waals surface area contributed by atoms with Gasteiger partial charge in [-0.05, 0) is 62.2 Å². The molecular weight excluding hydrogens is 334 g/mol. The highest BCUT2D eigenvalue weighted by molar-refractivity contribution is 9.11. The Bertz CT molecular complexity index is 497. The van der Waals surface area contributed by atoms with Crippen LogP contribution in [0, 0.1) is 0 Å². The van der Waals surface area contributed by atoms with Crippen molar-refractivity contribution >= 4 is 31.9 Å². The van der Waals surface area contributed by atoms with E-state index >= 15 is 0 Å². The number of aromatic nitrogens is 1. The number of hydrogen-bond acceptors (Lipinski definition) is 2. The first kappa shape index (κ1) is 11.6. The summed E-state index contributed by atoms with van der Waals surface area (Å²) in [6.07, 6.45) is 1.78. The van der Waals surface area contributed by atoms with Gasteiger partial charge in [0.2, 0.25) is 0 Å². The van der Waals surface area contributed by atoms with Gasteiger partial charge in [-0.3, -0.25) is 4.98 Å². The van der Waals surface area contributed by atoms with Gasteiger partial charge in [0.15, 0.2) is 0 Å². The molecule has 4 heteroatoms. The van der Waals surface area contributed by atoms with Crippen LogP contribution in [-0.2, 0) is 0 Å². The van der Waals surface area contributed by atoms with Crippen LogP contribution >= 0.6 is 31.9 Å². The van der Waals surface area contributed by atoms with Crippen molar-refractivity contribution in [2.75, 3.05) is 7.11 Å². The van der Waals surface area contributed by atoms with Gasteiger partial charge in [0.1, 0.15) is 5.75 Å². The zero-order valence-electron chi connectivity index (χ0n) is 8.58. The largest absolute Gasteiger partial charge is 0.497 e. The Kier molecular flexibility index (Phi) is 3.61. The first-order chi connectivity index (χ1) is 7.70. The van der Waals surface area contributed by atoms with Gasteiger partial charge >= 0.3 is 0 Å². The van der Waals surface area contributed by atoms with Crippen LogP contribution in [0.3, 0.4) is 0 Å². The summed E-state index contributed by atoms with van der Waals surface area (Å²) in [6.45, 7) is 0. The molecule has 0 amide bonds. The summed E-state index contributed by atoms with van der Waals surface area (Å²) in [5, 5.41) is 0. The van der Waals surface area contributed by atoms with Gasteiger partial charge in [0.05, 0.1) is 12.8 Å². The number of rotatable bonds is 2. The fourth-order valence-electron chi connectivity index (χ4n) is 1.38. The van der Waals surface area contributed by atoms with Crippen molar-refractivity contribution in [3.8, 4) is 17.0 Å². The highest BCUT2D eigenvalue weighted by Crippen LogP contribution is 2.29. The van der Waals surface area contributed by atoms with Crippen LogP contribution in [0.1, 0.15) is 0 Å². The van der Waals surface area contributed by atoms with Crippen LogP contribution in [0.2, 0.25) is 0 Å². The van der Waals surface area contributed by atoms with Crippen molar-refractivity contribution < 1.29 is 4.74 Å². The van der Waals surface area contributed by atoms with E-state index in [1.54, 1.807) is 13.3 Å². The standard InChI is InChI=1S/C12H9Br2NO/c1-16-10-4-2-8(3-5-10)12-11(14)6-9(13)7-15-12/h2-7H,1H3. The number of hydrogen-bond donors (Lipinski definition) is 0. The lowest BCUT2D eigenvalue weighted by Crippen LogP contribution is -1.86. The average molecular weight is 343 g/mol. The molecule has 0 aliphatic carbocycles. The molecule has 0 fully saturated rings. The van der Waals surface area contributed by atoms with Gasteiger partial charge in [0, 0.05) is 20.7 Å². The van der Waals surface area contributed by atoms with E-state index in [1.807, 2.05) is 30.3 Å². The van der Waals surface area contributed by atoms with E-state index in [4.69, 9.17) is 4.74 Å². The summed E-state index contributed by atoms with van der Waals surface area (Å²) in [6, 6.07) is 9.79. The van der Waals surface area contributed by atoms with Gasteiger partial charge < -0.3 is 4.74 Å². The van der Waals surface area contributed by atoms with Gasteiger partial charge in [-0.25, -0.2) is 0 Å². The first-order valence-corrected chi connectivity index (χ1v) is 6.25. The second-order valence-corrected chi connectivity index (χ2v) is 4.98. The summed E-state index contributed by atoms with van der Waals surface area (Å²) in [7, 11) is 1.66. The predicted octanol–water partition coefficient (Wildman–Crippen LogP) is 4.28. The molecular formula is C12H9Br2NO. The molecule has 0 bridgehead atoms. The Labute approximate surface area is 111 Å². The molecule has 0 saturated heterocycles. The number of methoxy groups -OCH3 is 1. The first-order valence-electron chi connectivity index (χ1n) is 4.66. The molecule has 2 aromatic rings. The van der Waals surface area contributed by atoms with E-state index in [1.165, 1.54) is 0 Å². The molecule has 0 atom stereocenters. The summed E-state index contributed by atoms with van der Waals surface area (Å²) >= 11 is 6.87. The maximum Gasteiger partial charge on any atom is 0.118 e. The van der Waals surface area contributed by atoms with Crippen molar-refractivity contribution in [1.82, 2.24) is 4.98 Å². The second kappa shape index (κ2) is 4.97. The molecule has 0 spiro atoms. The second-order valence-electron chi connectivity index (χ2n) is 3.21. The van der Waals surface area contributed by atoms with E-state index in [0.29, 0.717) is 0 Å². The van der Waals surface area contributed by atoms with Gasteiger partial charge in [-0.15, -0.1) is 0 Å². The summed E-state index contributed by atoms with van der Waals surface area (Å²) in [4.78, 5) is 4.37. The Morgan fingerprint density at radius 2 is 1.81 bits per heavy atom. The highest BCUT2D eigenvalue weighted by Gasteiger charge is 2.05. The molecule has 2 rings (SSSR count). The van der Waals surface area contributed by atoms with Crippen LogP contribution in [0.25, 0.3) is 11.3 Å². The third kappa shape index (κ3) is 2.44. The maximum absolute atomic E-state index is 5.11. The molecule has 0 saturated carbocycles. The van der Waals surface area contributed by atoms with Gasteiger partial charge in [0.25, 0.3) is 0 Å². The van der Waals surface area contributed by atoms with E-state index in [-0.39, 0.29) is 0 Å². The predicted molar refractivity (Wildman–Crippen MR) is 71.6 cm³/mol. The molecule has 1 aromatic carbocycles. The van der Waals surface area contributed by atoms with E-state index in [2.05, 4.69) is 36.8 Å². The Morgan fingerprint density at radius 3 is 2.38 bits per heavy atom. The number of halogens is 2. The fourth-order valence-corrected chi connectivity index (χ4v) is 2.59. The van der Waals surface area contributed by atoms with E-state index in [9.17, 15) is 0 Å². The molecule has 0 N–H and O–H groups in total. The third-order valence-corrected chi connectivity index (χ3v) is 3.21. The van der Waals surface area contributed by atoms with Crippen LogP contribution < -0.4 is 4.74 Å². The minimum absolute atomic E-state index is 0.844. The Balaban J connectivity index is 2.42. The minimum atomic E-state index is 0.844. The monoisotopic (exact) mass is 341 g/mol. The molecule has 82 valence electrons. The molecule has 2 nitrogen and oxygen atoms in total. The number of pyridine rings is 1.